The third kappa shape index (κ3) is 1.94. The highest BCUT2D eigenvalue weighted by Crippen LogP contribution is 2.40. The second-order valence-electron chi connectivity index (χ2n) is 4.34. The molecule has 1 N–H and O–H groups in total. The fourth-order valence-electron chi connectivity index (χ4n) is 2.24. The number of phenols is 1. The van der Waals surface area contributed by atoms with Gasteiger partial charge in [0.05, 0.1) is 11.8 Å². The van der Waals surface area contributed by atoms with E-state index in [0.717, 1.165) is 16.5 Å². The van der Waals surface area contributed by atoms with Crippen molar-refractivity contribution in [2.75, 3.05) is 7.11 Å². The van der Waals surface area contributed by atoms with E-state index < -0.39 is 5.97 Å². The number of fused-ring (bicyclic) bond motifs is 1. The van der Waals surface area contributed by atoms with Crippen LogP contribution in [0.4, 0.5) is 0 Å². The number of carbonyl (C=O) groups excluding carboxylic acids is 1. The lowest BCUT2D eigenvalue weighted by atomic mass is 9.98. The molecule has 0 bridgehead atoms. The van der Waals surface area contributed by atoms with Crippen LogP contribution in [0.1, 0.15) is 10.4 Å². The van der Waals surface area contributed by atoms with Crippen LogP contribution in [0.25, 0.3) is 21.2 Å². The number of hydrogen-bond acceptors (Lipinski definition) is 4. The van der Waals surface area contributed by atoms with Crippen molar-refractivity contribution in [2.45, 2.75) is 0 Å². The molecule has 0 saturated heterocycles. The zero-order valence-electron chi connectivity index (χ0n) is 10.8. The van der Waals surface area contributed by atoms with E-state index in [2.05, 4.69) is 0 Å². The van der Waals surface area contributed by atoms with Crippen molar-refractivity contribution < 1.29 is 14.6 Å². The Labute approximate surface area is 120 Å². The van der Waals surface area contributed by atoms with Gasteiger partial charge in [-0.25, -0.2) is 4.79 Å². The zero-order chi connectivity index (χ0) is 14.1. The highest BCUT2D eigenvalue weighted by atomic mass is 32.1. The Morgan fingerprint density at radius 3 is 2.65 bits per heavy atom. The number of thiophene rings is 1. The van der Waals surface area contributed by atoms with Crippen LogP contribution < -0.4 is 0 Å². The van der Waals surface area contributed by atoms with Crippen LogP contribution in [0, 0.1) is 0 Å². The van der Waals surface area contributed by atoms with Crippen LogP contribution in [-0.2, 0) is 4.74 Å². The minimum Gasteiger partial charge on any atom is -0.506 e. The van der Waals surface area contributed by atoms with Crippen LogP contribution in [0.2, 0.25) is 0 Å². The van der Waals surface area contributed by atoms with E-state index in [0.29, 0.717) is 4.70 Å². The van der Waals surface area contributed by atoms with E-state index in [9.17, 15) is 9.90 Å². The van der Waals surface area contributed by atoms with Crippen molar-refractivity contribution in [1.82, 2.24) is 0 Å². The average molecular weight is 284 g/mol. The maximum Gasteiger partial charge on any atom is 0.341 e. The Kier molecular flexibility index (Phi) is 3.16. The molecule has 0 amide bonds. The second kappa shape index (κ2) is 4.98. The molecule has 1 aromatic heterocycles. The first-order valence-corrected chi connectivity index (χ1v) is 6.97. The molecule has 20 heavy (non-hydrogen) atoms. The summed E-state index contributed by atoms with van der Waals surface area (Å²) >= 11 is 1.41. The summed E-state index contributed by atoms with van der Waals surface area (Å²) in [5.41, 5.74) is 2.11. The highest BCUT2D eigenvalue weighted by Gasteiger charge is 2.19. The molecule has 0 saturated carbocycles. The van der Waals surface area contributed by atoms with Crippen molar-refractivity contribution in [1.29, 1.82) is 0 Å². The lowest BCUT2D eigenvalue weighted by molar-refractivity contribution is 0.0598. The number of benzene rings is 2. The maximum atomic E-state index is 11.8. The van der Waals surface area contributed by atoms with Crippen molar-refractivity contribution >= 4 is 27.4 Å². The van der Waals surface area contributed by atoms with Crippen LogP contribution in [0.5, 0.6) is 5.75 Å². The van der Waals surface area contributed by atoms with E-state index in [1.165, 1.54) is 18.4 Å². The van der Waals surface area contributed by atoms with Crippen molar-refractivity contribution in [3.05, 3.63) is 53.4 Å². The molecule has 0 aliphatic rings. The molecule has 0 unspecified atom stereocenters. The first-order valence-electron chi connectivity index (χ1n) is 6.09. The number of ether oxygens (including phenoxy) is 1. The van der Waals surface area contributed by atoms with E-state index in [1.54, 1.807) is 6.07 Å². The van der Waals surface area contributed by atoms with E-state index in [4.69, 9.17) is 4.74 Å². The number of carbonyl (C=O) groups is 1. The third-order valence-corrected chi connectivity index (χ3v) is 4.13. The number of esters is 1. The standard InChI is InChI=1S/C16H12O3S/c1-19-16(18)13-9-12(10-5-3-2-4-6-10)11-7-8-20-15(11)14(13)17/h2-9,17H,1H3. The van der Waals surface area contributed by atoms with Crippen LogP contribution in [0.15, 0.2) is 47.8 Å². The third-order valence-electron chi connectivity index (χ3n) is 3.20. The zero-order valence-corrected chi connectivity index (χ0v) is 11.6. The highest BCUT2D eigenvalue weighted by molar-refractivity contribution is 7.17. The van der Waals surface area contributed by atoms with Gasteiger partial charge in [0, 0.05) is 5.39 Å². The topological polar surface area (TPSA) is 46.5 Å². The number of methoxy groups -OCH3 is 1. The Balaban J connectivity index is 2.34. The minimum absolute atomic E-state index is 0.0125. The summed E-state index contributed by atoms with van der Waals surface area (Å²) in [6.07, 6.45) is 0. The smallest absolute Gasteiger partial charge is 0.341 e. The molecule has 0 atom stereocenters. The van der Waals surface area contributed by atoms with Gasteiger partial charge in [0.15, 0.2) is 0 Å². The van der Waals surface area contributed by atoms with Crippen LogP contribution in [0.3, 0.4) is 0 Å². The van der Waals surface area contributed by atoms with E-state index >= 15 is 0 Å². The lowest BCUT2D eigenvalue weighted by Gasteiger charge is -2.09. The van der Waals surface area contributed by atoms with Gasteiger partial charge in [-0.15, -0.1) is 11.3 Å². The Bertz CT molecular complexity index is 775. The molecular weight excluding hydrogens is 272 g/mol. The first-order chi connectivity index (χ1) is 9.72. The normalized spacial score (nSPS) is 10.7. The SMILES string of the molecule is COC(=O)c1cc(-c2ccccc2)c2ccsc2c1O. The summed E-state index contributed by atoms with van der Waals surface area (Å²) < 4.78 is 5.44. The van der Waals surface area contributed by atoms with Gasteiger partial charge in [-0.05, 0) is 28.6 Å². The van der Waals surface area contributed by atoms with Crippen LogP contribution >= 0.6 is 11.3 Å². The Hall–Kier alpha value is -2.33. The summed E-state index contributed by atoms with van der Waals surface area (Å²) in [5.74, 6) is -0.545. The summed E-state index contributed by atoms with van der Waals surface area (Å²) in [6.45, 7) is 0. The molecule has 0 spiro atoms. The monoisotopic (exact) mass is 284 g/mol. The summed E-state index contributed by atoms with van der Waals surface area (Å²) in [6, 6.07) is 13.4. The number of rotatable bonds is 2. The molecule has 3 aromatic rings. The predicted molar refractivity (Wildman–Crippen MR) is 80.3 cm³/mol. The molecule has 100 valence electrons. The summed E-state index contributed by atoms with van der Waals surface area (Å²) in [5, 5.41) is 13.1. The first kappa shape index (κ1) is 12.7. The molecule has 3 rings (SSSR count). The largest absolute Gasteiger partial charge is 0.506 e. The molecule has 0 radical (unpaired) electrons. The van der Waals surface area contributed by atoms with Crippen LogP contribution in [-0.4, -0.2) is 18.2 Å². The fourth-order valence-corrected chi connectivity index (χ4v) is 3.11. The van der Waals surface area contributed by atoms with Crippen molar-refractivity contribution in [3.8, 4) is 16.9 Å². The van der Waals surface area contributed by atoms with Gasteiger partial charge in [-0.1, -0.05) is 30.3 Å². The molecule has 3 nitrogen and oxygen atoms in total. The van der Waals surface area contributed by atoms with Gasteiger partial charge in [0.1, 0.15) is 11.3 Å². The molecule has 2 aromatic carbocycles. The lowest BCUT2D eigenvalue weighted by Crippen LogP contribution is -2.02. The van der Waals surface area contributed by atoms with Gasteiger partial charge in [-0.2, -0.15) is 0 Å². The molecule has 1 heterocycles. The van der Waals surface area contributed by atoms with Crippen molar-refractivity contribution in [2.24, 2.45) is 0 Å². The number of aromatic hydroxyl groups is 1. The molecule has 0 aliphatic heterocycles. The molecular formula is C16H12O3S. The van der Waals surface area contributed by atoms with Gasteiger partial charge in [-0.3, -0.25) is 0 Å². The van der Waals surface area contributed by atoms with Gasteiger partial charge in [0.25, 0.3) is 0 Å². The summed E-state index contributed by atoms with van der Waals surface area (Å²) in [4.78, 5) is 11.8. The number of phenolic OH excluding ortho intramolecular Hbond substituents is 1. The predicted octanol–water partition coefficient (Wildman–Crippen LogP) is 4.06. The minimum atomic E-state index is -0.532. The Morgan fingerprint density at radius 2 is 1.95 bits per heavy atom. The molecule has 0 aliphatic carbocycles. The van der Waals surface area contributed by atoms with Gasteiger partial charge < -0.3 is 9.84 Å². The van der Waals surface area contributed by atoms with Gasteiger partial charge in [0.2, 0.25) is 0 Å². The maximum absolute atomic E-state index is 11.8. The Morgan fingerprint density at radius 1 is 1.20 bits per heavy atom. The van der Waals surface area contributed by atoms with Gasteiger partial charge >= 0.3 is 5.97 Å². The fraction of sp³-hybridized carbons (Fsp3) is 0.0625. The number of hydrogen-bond donors (Lipinski definition) is 1. The average Bonchev–Trinajstić information content (AvgIpc) is 2.98. The summed E-state index contributed by atoms with van der Waals surface area (Å²) in [7, 11) is 1.31. The molecule has 4 heteroatoms. The van der Waals surface area contributed by atoms with E-state index in [-0.39, 0.29) is 11.3 Å². The van der Waals surface area contributed by atoms with E-state index in [1.807, 2.05) is 41.8 Å². The molecule has 0 fully saturated rings. The quantitative estimate of drug-likeness (QED) is 0.722. The second-order valence-corrected chi connectivity index (χ2v) is 5.26. The van der Waals surface area contributed by atoms with Crippen molar-refractivity contribution in [3.63, 3.8) is 0 Å².